The molecule has 4 heteroatoms. The maximum absolute atomic E-state index is 13.2. The lowest BCUT2D eigenvalue weighted by Crippen LogP contribution is -2.55. The second-order valence-electron chi connectivity index (χ2n) is 4.79. The van der Waals surface area contributed by atoms with Crippen molar-refractivity contribution in [3.8, 4) is 0 Å². The fourth-order valence-corrected chi connectivity index (χ4v) is 2.43. The van der Waals surface area contributed by atoms with Crippen LogP contribution in [-0.2, 0) is 14.9 Å². The summed E-state index contributed by atoms with van der Waals surface area (Å²) in [6.07, 6.45) is 1.55. The average molecular weight is 237 g/mol. The highest BCUT2D eigenvalue weighted by Gasteiger charge is 2.60. The molecule has 1 fully saturated rings. The second-order valence-corrected chi connectivity index (χ2v) is 4.79. The number of nitrogens with two attached hydrogens (primary N) is 1. The van der Waals surface area contributed by atoms with E-state index in [1.807, 2.05) is 6.07 Å². The number of carbonyl (C=O) groups excluding carboxylic acids is 1. The molecule has 0 aliphatic heterocycles. The first-order valence-electron chi connectivity index (χ1n) is 5.57. The average Bonchev–Trinajstić information content (AvgIpc) is 3.09. The number of benzene rings is 1. The summed E-state index contributed by atoms with van der Waals surface area (Å²) in [5.74, 6) is -0.770. The third-order valence-corrected chi connectivity index (χ3v) is 3.73. The molecule has 92 valence electrons. The molecule has 1 aliphatic carbocycles. The Morgan fingerprint density at radius 2 is 2.18 bits per heavy atom. The van der Waals surface area contributed by atoms with Crippen LogP contribution < -0.4 is 5.73 Å². The normalized spacial score (nSPS) is 20.5. The molecule has 2 rings (SSSR count). The summed E-state index contributed by atoms with van der Waals surface area (Å²) in [5, 5.41) is 0. The maximum atomic E-state index is 13.2. The van der Waals surface area contributed by atoms with Gasteiger partial charge >= 0.3 is 5.97 Å². The highest BCUT2D eigenvalue weighted by Crippen LogP contribution is 2.55. The predicted molar refractivity (Wildman–Crippen MR) is 61.9 cm³/mol. The summed E-state index contributed by atoms with van der Waals surface area (Å²) < 4.78 is 18.0. The first-order valence-corrected chi connectivity index (χ1v) is 5.57. The Bertz CT molecular complexity index is 452. The van der Waals surface area contributed by atoms with Gasteiger partial charge in [0.2, 0.25) is 0 Å². The number of ether oxygens (including phenoxy) is 1. The van der Waals surface area contributed by atoms with Gasteiger partial charge in [0.25, 0.3) is 0 Å². The summed E-state index contributed by atoms with van der Waals surface area (Å²) in [6, 6.07) is 6.27. The van der Waals surface area contributed by atoms with Crippen molar-refractivity contribution in [2.24, 2.45) is 5.73 Å². The number of hydrogen-bond acceptors (Lipinski definition) is 3. The van der Waals surface area contributed by atoms with Crippen molar-refractivity contribution in [1.82, 2.24) is 0 Å². The van der Waals surface area contributed by atoms with Crippen LogP contribution in [0, 0.1) is 5.82 Å². The Hall–Kier alpha value is -1.42. The van der Waals surface area contributed by atoms with Crippen molar-refractivity contribution >= 4 is 5.97 Å². The van der Waals surface area contributed by atoms with Gasteiger partial charge in [-0.1, -0.05) is 12.1 Å². The molecule has 17 heavy (non-hydrogen) atoms. The Morgan fingerprint density at radius 3 is 2.65 bits per heavy atom. The standard InChI is InChI=1S/C13H16FNO2/c1-12(15,11(16)17-2)13(6-7-13)9-4-3-5-10(14)8-9/h3-5,8H,6-7,15H2,1-2H3. The molecule has 2 N–H and O–H groups in total. The van der Waals surface area contributed by atoms with Crippen LogP contribution in [-0.4, -0.2) is 18.6 Å². The Labute approximate surface area is 99.8 Å². The number of halogens is 1. The second kappa shape index (κ2) is 3.81. The van der Waals surface area contributed by atoms with E-state index < -0.39 is 16.9 Å². The molecule has 0 spiro atoms. The van der Waals surface area contributed by atoms with Gasteiger partial charge in [-0.05, 0) is 37.5 Å². The SMILES string of the molecule is COC(=O)C(C)(N)C1(c2cccc(F)c2)CC1. The van der Waals surface area contributed by atoms with Gasteiger partial charge in [0.1, 0.15) is 11.4 Å². The van der Waals surface area contributed by atoms with Crippen LogP contribution in [0.3, 0.4) is 0 Å². The zero-order chi connectivity index (χ0) is 12.7. The van der Waals surface area contributed by atoms with Gasteiger partial charge in [-0.15, -0.1) is 0 Å². The van der Waals surface area contributed by atoms with Crippen LogP contribution in [0.2, 0.25) is 0 Å². The van der Waals surface area contributed by atoms with Gasteiger partial charge in [0.15, 0.2) is 0 Å². The number of hydrogen-bond donors (Lipinski definition) is 1. The molecule has 1 unspecified atom stereocenters. The molecule has 1 aromatic rings. The summed E-state index contributed by atoms with van der Waals surface area (Å²) in [4.78, 5) is 11.7. The minimum Gasteiger partial charge on any atom is -0.468 e. The van der Waals surface area contributed by atoms with Gasteiger partial charge in [0.05, 0.1) is 7.11 Å². The van der Waals surface area contributed by atoms with E-state index in [4.69, 9.17) is 10.5 Å². The number of carbonyl (C=O) groups is 1. The van der Waals surface area contributed by atoms with E-state index >= 15 is 0 Å². The van der Waals surface area contributed by atoms with E-state index in [-0.39, 0.29) is 5.82 Å². The van der Waals surface area contributed by atoms with Crippen LogP contribution in [0.1, 0.15) is 25.3 Å². The lowest BCUT2D eigenvalue weighted by molar-refractivity contribution is -0.147. The van der Waals surface area contributed by atoms with E-state index in [0.717, 1.165) is 18.4 Å². The molecule has 1 aliphatic rings. The predicted octanol–water partition coefficient (Wildman–Crippen LogP) is 1.75. The third kappa shape index (κ3) is 1.72. The Kier molecular flexibility index (Phi) is 2.70. The molecule has 0 radical (unpaired) electrons. The zero-order valence-corrected chi connectivity index (χ0v) is 10.00. The van der Waals surface area contributed by atoms with E-state index in [1.165, 1.54) is 19.2 Å². The lowest BCUT2D eigenvalue weighted by atomic mass is 9.78. The van der Waals surface area contributed by atoms with Crippen molar-refractivity contribution in [2.45, 2.75) is 30.7 Å². The van der Waals surface area contributed by atoms with Crippen molar-refractivity contribution in [2.75, 3.05) is 7.11 Å². The van der Waals surface area contributed by atoms with Crippen molar-refractivity contribution in [3.05, 3.63) is 35.6 Å². The molecule has 1 aromatic carbocycles. The van der Waals surface area contributed by atoms with Crippen LogP contribution in [0.4, 0.5) is 4.39 Å². The number of methoxy groups -OCH3 is 1. The lowest BCUT2D eigenvalue weighted by Gasteiger charge is -2.32. The van der Waals surface area contributed by atoms with Gasteiger partial charge < -0.3 is 10.5 Å². The van der Waals surface area contributed by atoms with Crippen LogP contribution in [0.25, 0.3) is 0 Å². The third-order valence-electron chi connectivity index (χ3n) is 3.73. The molecule has 0 amide bonds. The minimum absolute atomic E-state index is 0.311. The monoisotopic (exact) mass is 237 g/mol. The van der Waals surface area contributed by atoms with Gasteiger partial charge in [-0.2, -0.15) is 0 Å². The van der Waals surface area contributed by atoms with Gasteiger partial charge in [-0.3, -0.25) is 4.79 Å². The smallest absolute Gasteiger partial charge is 0.326 e. The quantitative estimate of drug-likeness (QED) is 0.815. The van der Waals surface area contributed by atoms with E-state index in [1.54, 1.807) is 13.0 Å². The highest BCUT2D eigenvalue weighted by atomic mass is 19.1. The van der Waals surface area contributed by atoms with Crippen LogP contribution >= 0.6 is 0 Å². The first kappa shape index (κ1) is 12.0. The van der Waals surface area contributed by atoms with E-state index in [9.17, 15) is 9.18 Å². The summed E-state index contributed by atoms with van der Waals surface area (Å²) >= 11 is 0. The zero-order valence-electron chi connectivity index (χ0n) is 10.00. The van der Waals surface area contributed by atoms with Crippen molar-refractivity contribution < 1.29 is 13.9 Å². The van der Waals surface area contributed by atoms with Crippen molar-refractivity contribution in [3.63, 3.8) is 0 Å². The molecule has 0 heterocycles. The molecule has 3 nitrogen and oxygen atoms in total. The summed E-state index contributed by atoms with van der Waals surface area (Å²) in [7, 11) is 1.31. The van der Waals surface area contributed by atoms with E-state index in [0.29, 0.717) is 0 Å². The number of esters is 1. The Balaban J connectivity index is 2.41. The maximum Gasteiger partial charge on any atom is 0.326 e. The van der Waals surface area contributed by atoms with E-state index in [2.05, 4.69) is 0 Å². The largest absolute Gasteiger partial charge is 0.468 e. The Morgan fingerprint density at radius 1 is 1.53 bits per heavy atom. The van der Waals surface area contributed by atoms with Crippen molar-refractivity contribution in [1.29, 1.82) is 0 Å². The molecule has 0 saturated heterocycles. The topological polar surface area (TPSA) is 52.3 Å². The molecule has 0 bridgehead atoms. The fraction of sp³-hybridized carbons (Fsp3) is 0.462. The summed E-state index contributed by atoms with van der Waals surface area (Å²) in [5.41, 5.74) is 5.27. The highest BCUT2D eigenvalue weighted by molar-refractivity contribution is 5.83. The van der Waals surface area contributed by atoms with Gasteiger partial charge in [0, 0.05) is 5.41 Å². The first-order chi connectivity index (χ1) is 7.94. The number of rotatable bonds is 3. The van der Waals surface area contributed by atoms with Gasteiger partial charge in [-0.25, -0.2) is 4.39 Å². The fourth-order valence-electron chi connectivity index (χ4n) is 2.43. The summed E-state index contributed by atoms with van der Waals surface area (Å²) in [6.45, 7) is 1.65. The molecular formula is C13H16FNO2. The van der Waals surface area contributed by atoms with Crippen LogP contribution in [0.15, 0.2) is 24.3 Å². The molecule has 1 saturated carbocycles. The molecule has 0 aromatic heterocycles. The van der Waals surface area contributed by atoms with Crippen LogP contribution in [0.5, 0.6) is 0 Å². The molecule has 1 atom stereocenters. The molecular weight excluding hydrogens is 221 g/mol. The minimum atomic E-state index is -1.12.